The number of carbonyl (C=O) groups is 1. The van der Waals surface area contributed by atoms with Crippen molar-refractivity contribution in [2.45, 2.75) is 6.04 Å². The van der Waals surface area contributed by atoms with Crippen LogP contribution in [0.15, 0.2) is 48.1 Å². The first-order valence-corrected chi connectivity index (χ1v) is 5.17. The molecule has 0 fully saturated rings. The fourth-order valence-corrected chi connectivity index (χ4v) is 1.50. The van der Waals surface area contributed by atoms with Crippen LogP contribution < -0.4 is 5.73 Å². The second-order valence-corrected chi connectivity index (χ2v) is 3.63. The van der Waals surface area contributed by atoms with Crippen LogP contribution in [0.2, 0.25) is 0 Å². The number of hydrogen-bond acceptors (Lipinski definition) is 3. The summed E-state index contributed by atoms with van der Waals surface area (Å²) in [5, 5.41) is 9.48. The second kappa shape index (κ2) is 4.69. The summed E-state index contributed by atoms with van der Waals surface area (Å²) in [4.78, 5) is 11.7. The van der Waals surface area contributed by atoms with Gasteiger partial charge in [0.25, 0.3) is 0 Å². The molecular weight excluding hydrogens is 214 g/mol. The van der Waals surface area contributed by atoms with Gasteiger partial charge in [-0.15, -0.1) is 0 Å². The molecule has 0 aliphatic heterocycles. The fourth-order valence-electron chi connectivity index (χ4n) is 1.50. The van der Waals surface area contributed by atoms with E-state index in [4.69, 9.17) is 5.73 Å². The molecule has 17 heavy (non-hydrogen) atoms. The zero-order valence-electron chi connectivity index (χ0n) is 9.05. The predicted molar refractivity (Wildman–Crippen MR) is 65.2 cm³/mol. The highest BCUT2D eigenvalue weighted by Crippen LogP contribution is 2.14. The first-order chi connectivity index (χ1) is 8.18. The van der Waals surface area contributed by atoms with Crippen LogP contribution in [-0.2, 0) is 4.79 Å². The quantitative estimate of drug-likeness (QED) is 0.704. The number of aromatic hydroxyl groups is 1. The van der Waals surface area contributed by atoms with Crippen LogP contribution in [-0.4, -0.2) is 16.9 Å². The van der Waals surface area contributed by atoms with Crippen LogP contribution in [0.4, 0.5) is 0 Å². The Kier molecular flexibility index (Phi) is 3.08. The number of ketones is 1. The molecule has 1 aromatic carbocycles. The zero-order chi connectivity index (χ0) is 12.3. The summed E-state index contributed by atoms with van der Waals surface area (Å²) in [6.07, 6.45) is 5.13. The van der Waals surface area contributed by atoms with Crippen LogP contribution in [0, 0.1) is 11.8 Å². The number of carbonyl (C=O) groups excluding carboxylic acids is 1. The standard InChI is InChI=1S/C14H11NO2/c15-12-6-3-5-11(12)14(17)9-8-10-4-1-2-7-13(10)16/h1-7,12,16H,15H2. The normalized spacial score (nSPS) is 17.2. The van der Waals surface area contributed by atoms with E-state index in [1.165, 1.54) is 6.07 Å². The molecule has 0 radical (unpaired) electrons. The number of benzene rings is 1. The molecule has 0 heterocycles. The van der Waals surface area contributed by atoms with E-state index >= 15 is 0 Å². The Morgan fingerprint density at radius 1 is 1.35 bits per heavy atom. The molecule has 1 unspecified atom stereocenters. The Labute approximate surface area is 99.3 Å². The third kappa shape index (κ3) is 2.44. The van der Waals surface area contributed by atoms with E-state index in [0.717, 1.165) is 0 Å². The third-order valence-corrected chi connectivity index (χ3v) is 2.43. The van der Waals surface area contributed by atoms with Crippen LogP contribution >= 0.6 is 0 Å². The van der Waals surface area contributed by atoms with Gasteiger partial charge in [0.05, 0.1) is 11.6 Å². The average molecular weight is 225 g/mol. The minimum atomic E-state index is -0.374. The lowest BCUT2D eigenvalue weighted by molar-refractivity contribution is -0.110. The number of Topliss-reactive ketones (excluding diaryl/α,β-unsaturated/α-hetero) is 1. The van der Waals surface area contributed by atoms with E-state index in [1.807, 2.05) is 0 Å². The second-order valence-electron chi connectivity index (χ2n) is 3.63. The molecular formula is C14H11NO2. The molecule has 0 spiro atoms. The third-order valence-electron chi connectivity index (χ3n) is 2.43. The van der Waals surface area contributed by atoms with Crippen molar-refractivity contribution in [3.8, 4) is 17.6 Å². The van der Waals surface area contributed by atoms with Gasteiger partial charge in [-0.2, -0.15) is 0 Å². The predicted octanol–water partition coefficient (Wildman–Crippen LogP) is 1.14. The number of phenolic OH excluding ortho intramolecular Hbond substituents is 1. The number of para-hydroxylation sites is 1. The SMILES string of the molecule is NC1C=CC=C1C(=O)C#Cc1ccccc1O. The van der Waals surface area contributed by atoms with E-state index in [0.29, 0.717) is 11.1 Å². The van der Waals surface area contributed by atoms with Crippen molar-refractivity contribution in [1.29, 1.82) is 0 Å². The van der Waals surface area contributed by atoms with Gasteiger partial charge in [0.2, 0.25) is 5.78 Å². The fraction of sp³-hybridized carbons (Fsp3) is 0.0714. The Hall–Kier alpha value is -2.31. The highest BCUT2D eigenvalue weighted by atomic mass is 16.3. The molecule has 0 amide bonds. The van der Waals surface area contributed by atoms with Crippen molar-refractivity contribution in [2.75, 3.05) is 0 Å². The molecule has 0 aromatic heterocycles. The Morgan fingerprint density at radius 2 is 2.12 bits per heavy atom. The number of allylic oxidation sites excluding steroid dienone is 2. The van der Waals surface area contributed by atoms with E-state index in [-0.39, 0.29) is 17.6 Å². The van der Waals surface area contributed by atoms with Crippen molar-refractivity contribution in [1.82, 2.24) is 0 Å². The van der Waals surface area contributed by atoms with E-state index in [1.54, 1.807) is 36.4 Å². The van der Waals surface area contributed by atoms with Crippen LogP contribution in [0.5, 0.6) is 5.75 Å². The maximum atomic E-state index is 11.7. The summed E-state index contributed by atoms with van der Waals surface area (Å²) in [5.74, 6) is 4.86. The molecule has 1 aliphatic rings. The summed E-state index contributed by atoms with van der Waals surface area (Å²) >= 11 is 0. The Balaban J connectivity index is 2.18. The lowest BCUT2D eigenvalue weighted by Crippen LogP contribution is -2.22. The first kappa shape index (κ1) is 11.2. The van der Waals surface area contributed by atoms with Gasteiger partial charge in [-0.05, 0) is 18.1 Å². The molecule has 3 heteroatoms. The number of nitrogens with two attached hydrogens (primary N) is 1. The minimum absolute atomic E-state index is 0.0654. The number of hydrogen-bond donors (Lipinski definition) is 2. The van der Waals surface area contributed by atoms with E-state index < -0.39 is 0 Å². The topological polar surface area (TPSA) is 63.3 Å². The summed E-state index contributed by atoms with van der Waals surface area (Å²) in [7, 11) is 0. The average Bonchev–Trinajstić information content (AvgIpc) is 2.74. The molecule has 3 nitrogen and oxygen atoms in total. The van der Waals surface area contributed by atoms with Gasteiger partial charge in [-0.25, -0.2) is 0 Å². The van der Waals surface area contributed by atoms with Crippen molar-refractivity contribution < 1.29 is 9.90 Å². The van der Waals surface area contributed by atoms with Crippen LogP contribution in [0.1, 0.15) is 5.56 Å². The smallest absolute Gasteiger partial charge is 0.234 e. The van der Waals surface area contributed by atoms with E-state index in [9.17, 15) is 9.90 Å². The molecule has 84 valence electrons. The monoisotopic (exact) mass is 225 g/mol. The highest BCUT2D eigenvalue weighted by molar-refractivity contribution is 6.10. The summed E-state index contributed by atoms with van der Waals surface area (Å²) in [6, 6.07) is 6.24. The molecule has 1 aliphatic carbocycles. The molecule has 1 aromatic rings. The Morgan fingerprint density at radius 3 is 2.76 bits per heavy atom. The van der Waals surface area contributed by atoms with Gasteiger partial charge in [0, 0.05) is 5.57 Å². The summed E-state index contributed by atoms with van der Waals surface area (Å²) in [5.41, 5.74) is 6.60. The molecule has 2 rings (SSSR count). The zero-order valence-corrected chi connectivity index (χ0v) is 9.05. The van der Waals surface area contributed by atoms with Crippen LogP contribution in [0.3, 0.4) is 0 Å². The van der Waals surface area contributed by atoms with Gasteiger partial charge < -0.3 is 10.8 Å². The minimum Gasteiger partial charge on any atom is -0.507 e. The van der Waals surface area contributed by atoms with Gasteiger partial charge in [-0.3, -0.25) is 4.79 Å². The van der Waals surface area contributed by atoms with Crippen molar-refractivity contribution in [3.05, 3.63) is 53.6 Å². The van der Waals surface area contributed by atoms with Gasteiger partial charge in [0.15, 0.2) is 0 Å². The van der Waals surface area contributed by atoms with Crippen molar-refractivity contribution in [2.24, 2.45) is 5.73 Å². The molecule has 0 bridgehead atoms. The maximum Gasteiger partial charge on any atom is 0.234 e. The first-order valence-electron chi connectivity index (χ1n) is 5.17. The van der Waals surface area contributed by atoms with Crippen molar-refractivity contribution in [3.63, 3.8) is 0 Å². The largest absolute Gasteiger partial charge is 0.507 e. The van der Waals surface area contributed by atoms with Gasteiger partial charge in [-0.1, -0.05) is 36.3 Å². The number of phenols is 1. The maximum absolute atomic E-state index is 11.7. The summed E-state index contributed by atoms with van der Waals surface area (Å²) in [6.45, 7) is 0. The molecule has 3 N–H and O–H groups in total. The highest BCUT2D eigenvalue weighted by Gasteiger charge is 2.15. The van der Waals surface area contributed by atoms with Crippen LogP contribution in [0.25, 0.3) is 0 Å². The summed E-state index contributed by atoms with van der Waals surface area (Å²) < 4.78 is 0. The molecule has 1 atom stereocenters. The van der Waals surface area contributed by atoms with Gasteiger partial charge in [0.1, 0.15) is 5.75 Å². The molecule has 0 saturated carbocycles. The van der Waals surface area contributed by atoms with E-state index in [2.05, 4.69) is 11.8 Å². The van der Waals surface area contributed by atoms with Crippen molar-refractivity contribution >= 4 is 5.78 Å². The van der Waals surface area contributed by atoms with Gasteiger partial charge >= 0.3 is 0 Å². The Bertz CT molecular complexity index is 573. The molecule has 0 saturated heterocycles. The lowest BCUT2D eigenvalue weighted by atomic mass is 10.1. The lowest BCUT2D eigenvalue weighted by Gasteiger charge is -2.01. The number of rotatable bonds is 1.